The second-order valence-electron chi connectivity index (χ2n) is 7.85. The molecule has 0 aliphatic carbocycles. The van der Waals surface area contributed by atoms with Gasteiger partial charge in [-0.3, -0.25) is 9.59 Å². The van der Waals surface area contributed by atoms with Crippen molar-refractivity contribution in [2.45, 2.75) is 31.0 Å². The average Bonchev–Trinajstić information content (AvgIpc) is 3.19. The standard InChI is InChI=1S/C21H26ClN3O4S2/c1-14(2)19(23-20(26)16-6-4-15(3)5-7-16)21(27)24-10-12-25(13-11-24)31(28,29)18-9-8-17(22)30-18/h4-9,14,19H,10-13H2,1-3H3,(H,23,26). The molecule has 0 radical (unpaired) electrons. The summed E-state index contributed by atoms with van der Waals surface area (Å²) < 4.78 is 27.5. The number of rotatable bonds is 6. The molecule has 0 bridgehead atoms. The summed E-state index contributed by atoms with van der Waals surface area (Å²) in [7, 11) is -3.63. The van der Waals surface area contributed by atoms with E-state index < -0.39 is 16.1 Å². The number of nitrogens with one attached hydrogen (secondary N) is 1. The third-order valence-corrected chi connectivity index (χ3v) is 8.82. The van der Waals surface area contributed by atoms with Crippen LogP contribution >= 0.6 is 22.9 Å². The summed E-state index contributed by atoms with van der Waals surface area (Å²) in [6, 6.07) is 9.52. The van der Waals surface area contributed by atoms with Crippen molar-refractivity contribution in [1.82, 2.24) is 14.5 Å². The zero-order valence-electron chi connectivity index (χ0n) is 17.7. The van der Waals surface area contributed by atoms with E-state index >= 15 is 0 Å². The molecule has 1 saturated heterocycles. The highest BCUT2D eigenvalue weighted by molar-refractivity contribution is 7.91. The Morgan fingerprint density at radius 1 is 1.03 bits per heavy atom. The van der Waals surface area contributed by atoms with E-state index in [9.17, 15) is 18.0 Å². The van der Waals surface area contributed by atoms with E-state index in [2.05, 4.69) is 5.32 Å². The molecule has 3 rings (SSSR count). The normalized spacial score (nSPS) is 16.4. The zero-order chi connectivity index (χ0) is 22.8. The third kappa shape index (κ3) is 5.46. The fraction of sp³-hybridized carbons (Fsp3) is 0.429. The van der Waals surface area contributed by atoms with Gasteiger partial charge in [-0.25, -0.2) is 8.42 Å². The summed E-state index contributed by atoms with van der Waals surface area (Å²) in [5.41, 5.74) is 1.54. The number of amides is 2. The van der Waals surface area contributed by atoms with Crippen LogP contribution < -0.4 is 5.32 Å². The summed E-state index contributed by atoms with van der Waals surface area (Å²) in [6.07, 6.45) is 0. The molecule has 1 aliphatic rings. The number of thiophene rings is 1. The Morgan fingerprint density at radius 2 is 1.65 bits per heavy atom. The number of hydrogen-bond donors (Lipinski definition) is 1. The van der Waals surface area contributed by atoms with Crippen molar-refractivity contribution in [3.8, 4) is 0 Å². The van der Waals surface area contributed by atoms with Gasteiger partial charge in [-0.05, 0) is 37.1 Å². The first-order chi connectivity index (χ1) is 14.6. The monoisotopic (exact) mass is 483 g/mol. The Bertz CT molecular complexity index is 1040. The number of aryl methyl sites for hydroxylation is 1. The molecule has 1 unspecified atom stereocenters. The fourth-order valence-electron chi connectivity index (χ4n) is 3.35. The van der Waals surface area contributed by atoms with Crippen molar-refractivity contribution in [2.75, 3.05) is 26.2 Å². The molecule has 0 saturated carbocycles. The molecule has 2 heterocycles. The number of benzene rings is 1. The molecular formula is C21H26ClN3O4S2. The summed E-state index contributed by atoms with van der Waals surface area (Å²) in [5, 5.41) is 2.84. The van der Waals surface area contributed by atoms with Crippen LogP contribution in [0, 0.1) is 12.8 Å². The Hall–Kier alpha value is -1.94. The van der Waals surface area contributed by atoms with Crippen LogP contribution in [-0.2, 0) is 14.8 Å². The van der Waals surface area contributed by atoms with Crippen LogP contribution in [0.25, 0.3) is 0 Å². The van der Waals surface area contributed by atoms with Gasteiger partial charge in [0.25, 0.3) is 15.9 Å². The molecule has 1 fully saturated rings. The van der Waals surface area contributed by atoms with Crippen molar-refractivity contribution in [3.63, 3.8) is 0 Å². The van der Waals surface area contributed by atoms with Crippen LogP contribution in [0.1, 0.15) is 29.8 Å². The lowest BCUT2D eigenvalue weighted by Crippen LogP contribution is -2.57. The van der Waals surface area contributed by atoms with E-state index in [4.69, 9.17) is 11.6 Å². The number of nitrogens with zero attached hydrogens (tertiary/aromatic N) is 2. The van der Waals surface area contributed by atoms with Crippen LogP contribution in [0.3, 0.4) is 0 Å². The van der Waals surface area contributed by atoms with Crippen LogP contribution in [0.2, 0.25) is 4.34 Å². The topological polar surface area (TPSA) is 86.8 Å². The lowest BCUT2D eigenvalue weighted by atomic mass is 10.0. The van der Waals surface area contributed by atoms with Crippen LogP contribution in [0.4, 0.5) is 0 Å². The van der Waals surface area contributed by atoms with Gasteiger partial charge < -0.3 is 10.2 Å². The van der Waals surface area contributed by atoms with E-state index in [1.165, 1.54) is 10.4 Å². The Balaban J connectivity index is 1.64. The fourth-order valence-corrected chi connectivity index (χ4v) is 6.41. The highest BCUT2D eigenvalue weighted by Crippen LogP contribution is 2.28. The molecule has 2 aromatic rings. The first-order valence-corrected chi connectivity index (χ1v) is 12.6. The predicted octanol–water partition coefficient (Wildman–Crippen LogP) is 3.00. The number of halogens is 1. The highest BCUT2D eigenvalue weighted by Gasteiger charge is 2.34. The molecule has 31 heavy (non-hydrogen) atoms. The number of hydrogen-bond acceptors (Lipinski definition) is 5. The summed E-state index contributed by atoms with van der Waals surface area (Å²) in [5.74, 6) is -0.619. The number of piperazine rings is 1. The minimum atomic E-state index is -3.63. The SMILES string of the molecule is Cc1ccc(C(=O)NC(C(=O)N2CCN(S(=O)(=O)c3ccc(Cl)s3)CC2)C(C)C)cc1. The first kappa shape index (κ1) is 23.7. The van der Waals surface area contributed by atoms with Crippen molar-refractivity contribution in [2.24, 2.45) is 5.92 Å². The minimum absolute atomic E-state index is 0.114. The molecular weight excluding hydrogens is 458 g/mol. The average molecular weight is 484 g/mol. The van der Waals surface area contributed by atoms with E-state index in [0.717, 1.165) is 16.9 Å². The number of carbonyl (C=O) groups is 2. The zero-order valence-corrected chi connectivity index (χ0v) is 20.1. The molecule has 1 aromatic heterocycles. The van der Waals surface area contributed by atoms with Crippen molar-refractivity contribution < 1.29 is 18.0 Å². The molecule has 10 heteroatoms. The van der Waals surface area contributed by atoms with Crippen molar-refractivity contribution in [3.05, 3.63) is 51.9 Å². The van der Waals surface area contributed by atoms with Crippen molar-refractivity contribution in [1.29, 1.82) is 0 Å². The first-order valence-electron chi connectivity index (χ1n) is 10.0. The largest absolute Gasteiger partial charge is 0.340 e. The molecule has 1 aliphatic heterocycles. The van der Waals surface area contributed by atoms with Gasteiger partial charge in [0.15, 0.2) is 0 Å². The number of sulfonamides is 1. The van der Waals surface area contributed by atoms with E-state index in [1.54, 1.807) is 23.1 Å². The van der Waals surface area contributed by atoms with Gasteiger partial charge in [0.05, 0.1) is 4.34 Å². The molecule has 1 atom stereocenters. The van der Waals surface area contributed by atoms with Crippen molar-refractivity contribution >= 4 is 44.8 Å². The number of carbonyl (C=O) groups excluding carboxylic acids is 2. The maximum absolute atomic E-state index is 13.1. The van der Waals surface area contributed by atoms with E-state index in [0.29, 0.717) is 9.90 Å². The van der Waals surface area contributed by atoms with Gasteiger partial charge in [0, 0.05) is 31.7 Å². The maximum Gasteiger partial charge on any atom is 0.252 e. The summed E-state index contributed by atoms with van der Waals surface area (Å²) in [4.78, 5) is 27.4. The van der Waals surface area contributed by atoms with Crippen LogP contribution in [0.15, 0.2) is 40.6 Å². The van der Waals surface area contributed by atoms with Gasteiger partial charge in [-0.15, -0.1) is 11.3 Å². The predicted molar refractivity (Wildman–Crippen MR) is 122 cm³/mol. The van der Waals surface area contributed by atoms with Gasteiger partial charge in [-0.1, -0.05) is 43.1 Å². The Morgan fingerprint density at radius 3 is 2.16 bits per heavy atom. The Labute approximate surface area is 192 Å². The molecule has 168 valence electrons. The summed E-state index contributed by atoms with van der Waals surface area (Å²) >= 11 is 6.89. The lowest BCUT2D eigenvalue weighted by Gasteiger charge is -2.36. The van der Waals surface area contributed by atoms with Gasteiger partial charge >= 0.3 is 0 Å². The van der Waals surface area contributed by atoms with Gasteiger partial charge in [0.2, 0.25) is 5.91 Å². The second-order valence-corrected chi connectivity index (χ2v) is 11.7. The molecule has 7 nitrogen and oxygen atoms in total. The smallest absolute Gasteiger partial charge is 0.252 e. The minimum Gasteiger partial charge on any atom is -0.340 e. The molecule has 1 aromatic carbocycles. The van der Waals surface area contributed by atoms with Gasteiger partial charge in [-0.2, -0.15) is 4.31 Å². The highest BCUT2D eigenvalue weighted by atomic mass is 35.5. The maximum atomic E-state index is 13.1. The van der Waals surface area contributed by atoms with E-state index in [1.807, 2.05) is 32.9 Å². The molecule has 2 amide bonds. The molecule has 0 spiro atoms. The van der Waals surface area contributed by atoms with Gasteiger partial charge in [0.1, 0.15) is 10.3 Å². The quantitative estimate of drug-likeness (QED) is 0.684. The Kier molecular flexibility index (Phi) is 7.41. The third-order valence-electron chi connectivity index (χ3n) is 5.23. The lowest BCUT2D eigenvalue weighted by molar-refractivity contribution is -0.135. The van der Waals surface area contributed by atoms with Crippen LogP contribution in [0.5, 0.6) is 0 Å². The van der Waals surface area contributed by atoms with E-state index in [-0.39, 0.29) is 48.1 Å². The second kappa shape index (κ2) is 9.68. The van der Waals surface area contributed by atoms with Crippen LogP contribution in [-0.4, -0.2) is 61.7 Å². The molecule has 1 N–H and O–H groups in total. The summed E-state index contributed by atoms with van der Waals surface area (Å²) in [6.45, 7) is 6.61.